The topological polar surface area (TPSA) is 64.7 Å². The maximum atomic E-state index is 9.05. The minimum absolute atomic E-state index is 0.199. The van der Waals surface area contributed by atoms with Crippen LogP contribution in [-0.2, 0) is 21.9 Å². The number of aliphatic hydroxyl groups excluding tert-OH is 1. The van der Waals surface area contributed by atoms with Crippen molar-refractivity contribution >= 4 is 0 Å². The van der Waals surface area contributed by atoms with Crippen LogP contribution in [0.3, 0.4) is 0 Å². The first-order valence-electron chi connectivity index (χ1n) is 4.24. The van der Waals surface area contributed by atoms with Crippen molar-refractivity contribution in [2.45, 2.75) is 26.2 Å². The summed E-state index contributed by atoms with van der Waals surface area (Å²) in [6.45, 7) is 3.29. The smallest absolute Gasteiger partial charge is 0.279 e. The van der Waals surface area contributed by atoms with Gasteiger partial charge in [0.05, 0.1) is 6.61 Å². The van der Waals surface area contributed by atoms with Crippen molar-refractivity contribution in [1.82, 2.24) is 5.16 Å². The normalized spacial score (nSPS) is 17.9. The van der Waals surface area contributed by atoms with E-state index >= 15 is 0 Å². The van der Waals surface area contributed by atoms with Crippen LogP contribution >= 0.6 is 0 Å². The van der Waals surface area contributed by atoms with Crippen LogP contribution in [0.5, 0.6) is 0 Å². The van der Waals surface area contributed by atoms with Crippen molar-refractivity contribution in [1.29, 1.82) is 0 Å². The van der Waals surface area contributed by atoms with E-state index in [9.17, 15) is 0 Å². The maximum absolute atomic E-state index is 9.05. The summed E-state index contributed by atoms with van der Waals surface area (Å²) in [5.41, 5.74) is 1.08. The minimum atomic E-state index is -0.928. The van der Waals surface area contributed by atoms with Crippen molar-refractivity contribution in [2.75, 3.05) is 0 Å². The van der Waals surface area contributed by atoms with Gasteiger partial charge in [0.15, 0.2) is 0 Å². The first-order chi connectivity index (χ1) is 6.67. The van der Waals surface area contributed by atoms with Gasteiger partial charge >= 0.3 is 0 Å². The fraction of sp³-hybridized carbons (Fsp3) is 0.444. The number of ether oxygens (including phenoxy) is 2. The van der Waals surface area contributed by atoms with Crippen molar-refractivity contribution in [3.05, 3.63) is 29.5 Å². The van der Waals surface area contributed by atoms with Gasteiger partial charge in [-0.1, -0.05) is 5.16 Å². The number of aryl methyl sites for hydroxylation is 1. The Bertz CT molecular complexity index is 361. The second-order valence-corrected chi connectivity index (χ2v) is 3.17. The molecular weight excluding hydrogens is 186 g/mol. The molecule has 0 fully saturated rings. The van der Waals surface area contributed by atoms with Gasteiger partial charge in [0.1, 0.15) is 29.5 Å². The first kappa shape index (κ1) is 9.08. The molecule has 0 unspecified atom stereocenters. The van der Waals surface area contributed by atoms with Crippen LogP contribution in [0.4, 0.5) is 0 Å². The van der Waals surface area contributed by atoms with Gasteiger partial charge in [-0.05, 0) is 6.92 Å². The molecule has 76 valence electrons. The fourth-order valence-electron chi connectivity index (χ4n) is 1.57. The van der Waals surface area contributed by atoms with Crippen LogP contribution in [-0.4, -0.2) is 10.3 Å². The highest BCUT2D eigenvalue weighted by atomic mass is 16.7. The third-order valence-corrected chi connectivity index (χ3v) is 2.18. The Morgan fingerprint density at radius 3 is 2.64 bits per heavy atom. The summed E-state index contributed by atoms with van der Waals surface area (Å²) in [6.07, 6.45) is 2.90. The zero-order chi connectivity index (χ0) is 10.2. The first-order valence-corrected chi connectivity index (χ1v) is 4.24. The molecule has 1 aromatic rings. The third-order valence-electron chi connectivity index (χ3n) is 2.18. The highest BCUT2D eigenvalue weighted by Crippen LogP contribution is 2.35. The third kappa shape index (κ3) is 1.17. The van der Waals surface area contributed by atoms with Gasteiger partial charge in [0, 0.05) is 6.92 Å². The molecule has 1 N–H and O–H groups in total. The zero-order valence-electron chi connectivity index (χ0n) is 7.98. The van der Waals surface area contributed by atoms with Crippen LogP contribution in [0.1, 0.15) is 23.9 Å². The summed E-state index contributed by atoms with van der Waals surface area (Å²) >= 11 is 0. The predicted molar refractivity (Wildman–Crippen MR) is 45.8 cm³/mol. The summed E-state index contributed by atoms with van der Waals surface area (Å²) < 4.78 is 15.6. The van der Waals surface area contributed by atoms with E-state index in [0.717, 1.165) is 0 Å². The van der Waals surface area contributed by atoms with E-state index in [4.69, 9.17) is 19.1 Å². The second-order valence-electron chi connectivity index (χ2n) is 3.17. The van der Waals surface area contributed by atoms with E-state index < -0.39 is 5.79 Å². The Morgan fingerprint density at radius 2 is 2.07 bits per heavy atom. The largest absolute Gasteiger partial charge is 0.453 e. The second kappa shape index (κ2) is 3.02. The summed E-state index contributed by atoms with van der Waals surface area (Å²) in [7, 11) is 0. The van der Waals surface area contributed by atoms with E-state index in [0.29, 0.717) is 17.0 Å². The number of hydrogen-bond acceptors (Lipinski definition) is 5. The molecule has 1 aliphatic rings. The summed E-state index contributed by atoms with van der Waals surface area (Å²) in [6, 6.07) is 0. The average molecular weight is 197 g/mol. The van der Waals surface area contributed by atoms with Crippen LogP contribution in [0.25, 0.3) is 0 Å². The Labute approximate surface area is 80.9 Å². The molecule has 0 bridgehead atoms. The number of hydrogen-bond donors (Lipinski definition) is 1. The molecule has 5 heteroatoms. The monoisotopic (exact) mass is 197 g/mol. The van der Waals surface area contributed by atoms with Crippen molar-refractivity contribution < 1.29 is 19.1 Å². The standard InChI is InChI=1S/C9H11NO4/c1-6-8(7(5-11)10-14-6)9(2)12-3-4-13-9/h3-4,11H,5H2,1-2H3. The van der Waals surface area contributed by atoms with Crippen molar-refractivity contribution in [3.63, 3.8) is 0 Å². The summed E-state index contributed by atoms with van der Waals surface area (Å²) in [5.74, 6) is -0.345. The van der Waals surface area contributed by atoms with Crippen LogP contribution in [0.2, 0.25) is 0 Å². The highest BCUT2D eigenvalue weighted by Gasteiger charge is 2.38. The zero-order valence-corrected chi connectivity index (χ0v) is 7.98. The minimum Gasteiger partial charge on any atom is -0.453 e. The van der Waals surface area contributed by atoms with E-state index in [1.54, 1.807) is 13.8 Å². The van der Waals surface area contributed by atoms with E-state index in [-0.39, 0.29) is 6.61 Å². The summed E-state index contributed by atoms with van der Waals surface area (Å²) in [5, 5.41) is 12.8. The number of nitrogens with zero attached hydrogens (tertiary/aromatic N) is 1. The van der Waals surface area contributed by atoms with Gasteiger partial charge in [-0.2, -0.15) is 0 Å². The molecule has 0 radical (unpaired) electrons. The fourth-order valence-corrected chi connectivity index (χ4v) is 1.57. The molecule has 2 rings (SSSR count). The number of rotatable bonds is 2. The Balaban J connectivity index is 2.43. The lowest BCUT2D eigenvalue weighted by molar-refractivity contribution is -0.134. The lowest BCUT2D eigenvalue weighted by Crippen LogP contribution is -2.24. The van der Waals surface area contributed by atoms with Gasteiger partial charge < -0.3 is 19.1 Å². The molecule has 0 saturated heterocycles. The lowest BCUT2D eigenvalue weighted by atomic mass is 10.1. The highest BCUT2D eigenvalue weighted by molar-refractivity contribution is 5.27. The number of aliphatic hydroxyl groups is 1. The molecule has 0 aliphatic carbocycles. The van der Waals surface area contributed by atoms with Gasteiger partial charge in [-0.15, -0.1) is 0 Å². The maximum Gasteiger partial charge on any atom is 0.279 e. The molecule has 5 nitrogen and oxygen atoms in total. The quantitative estimate of drug-likeness (QED) is 0.770. The number of aromatic nitrogens is 1. The molecule has 2 heterocycles. The van der Waals surface area contributed by atoms with Crippen molar-refractivity contribution in [2.24, 2.45) is 0 Å². The lowest BCUT2D eigenvalue weighted by Gasteiger charge is -2.22. The van der Waals surface area contributed by atoms with Crippen LogP contribution in [0.15, 0.2) is 17.0 Å². The van der Waals surface area contributed by atoms with E-state index in [1.165, 1.54) is 12.5 Å². The van der Waals surface area contributed by atoms with Crippen LogP contribution in [0, 0.1) is 6.92 Å². The SMILES string of the molecule is Cc1onc(CO)c1C1(C)OC=CO1. The molecule has 14 heavy (non-hydrogen) atoms. The molecule has 0 saturated carbocycles. The molecule has 0 amide bonds. The van der Waals surface area contributed by atoms with E-state index in [2.05, 4.69) is 5.16 Å². The van der Waals surface area contributed by atoms with Gasteiger partial charge in [-0.3, -0.25) is 0 Å². The molecule has 1 aromatic heterocycles. The van der Waals surface area contributed by atoms with Crippen molar-refractivity contribution in [3.8, 4) is 0 Å². The van der Waals surface area contributed by atoms with Gasteiger partial charge in [-0.25, -0.2) is 0 Å². The molecule has 0 atom stereocenters. The average Bonchev–Trinajstić information content (AvgIpc) is 2.73. The molecule has 0 spiro atoms. The van der Waals surface area contributed by atoms with E-state index in [1.807, 2.05) is 0 Å². The van der Waals surface area contributed by atoms with Crippen LogP contribution < -0.4 is 0 Å². The van der Waals surface area contributed by atoms with Gasteiger partial charge in [0.2, 0.25) is 0 Å². The Hall–Kier alpha value is -1.49. The Morgan fingerprint density at radius 1 is 1.43 bits per heavy atom. The predicted octanol–water partition coefficient (Wildman–Crippen LogP) is 1.17. The summed E-state index contributed by atoms with van der Waals surface area (Å²) in [4.78, 5) is 0. The van der Waals surface area contributed by atoms with Gasteiger partial charge in [0.25, 0.3) is 5.79 Å². The Kier molecular flexibility index (Phi) is 1.96. The molecule has 1 aliphatic heterocycles. The molecule has 0 aromatic carbocycles. The molecular formula is C9H11NO4.